The quantitative estimate of drug-likeness (QED) is 0.772. The van der Waals surface area contributed by atoms with Crippen LogP contribution in [0.15, 0.2) is 0 Å². The third kappa shape index (κ3) is 2.67. The fraction of sp³-hybridized carbons (Fsp3) is 1.00. The Morgan fingerprint density at radius 1 is 1.29 bits per heavy atom. The van der Waals surface area contributed by atoms with Crippen LogP contribution in [0.25, 0.3) is 0 Å². The molecule has 3 nitrogen and oxygen atoms in total. The van der Waals surface area contributed by atoms with Gasteiger partial charge in [0.05, 0.1) is 6.61 Å². The van der Waals surface area contributed by atoms with Gasteiger partial charge in [-0.05, 0) is 31.6 Å². The summed E-state index contributed by atoms with van der Waals surface area (Å²) in [7, 11) is 1.80. The Bertz CT molecular complexity index is 242. The monoisotopic (exact) mass is 240 g/mol. The summed E-state index contributed by atoms with van der Waals surface area (Å²) in [6, 6.07) is 0.786. The van der Waals surface area contributed by atoms with Crippen molar-refractivity contribution in [1.82, 2.24) is 4.90 Å². The molecule has 2 fully saturated rings. The van der Waals surface area contributed by atoms with Crippen molar-refractivity contribution < 1.29 is 4.74 Å². The normalized spacial score (nSPS) is 34.2. The fourth-order valence-electron chi connectivity index (χ4n) is 3.59. The van der Waals surface area contributed by atoms with Gasteiger partial charge in [0.15, 0.2) is 0 Å². The molecule has 0 aromatic carbocycles. The molecule has 0 heterocycles. The van der Waals surface area contributed by atoms with Crippen molar-refractivity contribution in [3.8, 4) is 0 Å². The third-order valence-corrected chi connectivity index (χ3v) is 4.86. The lowest BCUT2D eigenvalue weighted by Crippen LogP contribution is -2.60. The average molecular weight is 240 g/mol. The zero-order valence-electron chi connectivity index (χ0n) is 11.5. The number of nitrogens with two attached hydrogens (primary N) is 1. The van der Waals surface area contributed by atoms with Crippen molar-refractivity contribution in [2.75, 3.05) is 26.8 Å². The Balaban J connectivity index is 2.10. The van der Waals surface area contributed by atoms with Gasteiger partial charge in [0.25, 0.3) is 0 Å². The molecule has 100 valence electrons. The standard InChI is InChI=1S/C14H28N2O/c1-12-5-3-4-8-14(12,11-15)16(9-10-17-2)13-6-7-13/h12-13H,3-11,15H2,1-2H3. The zero-order valence-corrected chi connectivity index (χ0v) is 11.5. The number of ether oxygens (including phenoxy) is 1. The van der Waals surface area contributed by atoms with Gasteiger partial charge in [-0.3, -0.25) is 4.90 Å². The molecule has 0 radical (unpaired) electrons. The Morgan fingerprint density at radius 2 is 2.06 bits per heavy atom. The Labute approximate surface area is 106 Å². The zero-order chi connectivity index (χ0) is 12.3. The summed E-state index contributed by atoms with van der Waals surface area (Å²) in [5.74, 6) is 0.735. The Kier molecular flexibility index (Phi) is 4.45. The first kappa shape index (κ1) is 13.3. The summed E-state index contributed by atoms with van der Waals surface area (Å²) in [5.41, 5.74) is 6.45. The van der Waals surface area contributed by atoms with E-state index in [9.17, 15) is 0 Å². The molecule has 0 saturated heterocycles. The van der Waals surface area contributed by atoms with Crippen molar-refractivity contribution in [3.63, 3.8) is 0 Å². The maximum absolute atomic E-state index is 6.18. The van der Waals surface area contributed by atoms with Gasteiger partial charge in [-0.1, -0.05) is 19.8 Å². The minimum Gasteiger partial charge on any atom is -0.383 e. The van der Waals surface area contributed by atoms with E-state index in [2.05, 4.69) is 11.8 Å². The third-order valence-electron chi connectivity index (χ3n) is 4.86. The van der Waals surface area contributed by atoms with Crippen LogP contribution in [-0.4, -0.2) is 43.3 Å². The van der Waals surface area contributed by atoms with Crippen LogP contribution in [0.2, 0.25) is 0 Å². The topological polar surface area (TPSA) is 38.5 Å². The summed E-state index contributed by atoms with van der Waals surface area (Å²) in [6.45, 7) is 5.11. The SMILES string of the molecule is COCCN(C1CC1)C1(CN)CCCCC1C. The number of hydrogen-bond donors (Lipinski definition) is 1. The first-order valence-corrected chi connectivity index (χ1v) is 7.20. The van der Waals surface area contributed by atoms with Crippen LogP contribution in [0.5, 0.6) is 0 Å². The van der Waals surface area contributed by atoms with Gasteiger partial charge in [0.1, 0.15) is 0 Å². The lowest BCUT2D eigenvalue weighted by Gasteiger charge is -2.50. The van der Waals surface area contributed by atoms with Crippen LogP contribution in [0.3, 0.4) is 0 Å². The fourth-order valence-corrected chi connectivity index (χ4v) is 3.59. The molecule has 0 aromatic heterocycles. The van der Waals surface area contributed by atoms with Crippen LogP contribution in [-0.2, 0) is 4.74 Å². The molecular formula is C14H28N2O. The molecule has 0 spiro atoms. The minimum absolute atomic E-state index is 0.262. The molecule has 2 saturated carbocycles. The summed E-state index contributed by atoms with van der Waals surface area (Å²) in [4.78, 5) is 2.69. The Hall–Kier alpha value is -0.120. The molecule has 2 N–H and O–H groups in total. The maximum Gasteiger partial charge on any atom is 0.0590 e. The number of hydrogen-bond acceptors (Lipinski definition) is 3. The van der Waals surface area contributed by atoms with Gasteiger partial charge < -0.3 is 10.5 Å². The van der Waals surface area contributed by atoms with Gasteiger partial charge >= 0.3 is 0 Å². The van der Waals surface area contributed by atoms with Gasteiger partial charge in [0.2, 0.25) is 0 Å². The first-order valence-electron chi connectivity index (χ1n) is 7.20. The van der Waals surface area contributed by atoms with Gasteiger partial charge in [0, 0.05) is 31.8 Å². The lowest BCUT2D eigenvalue weighted by atomic mass is 9.72. The van der Waals surface area contributed by atoms with Crippen LogP contribution >= 0.6 is 0 Å². The van der Waals surface area contributed by atoms with E-state index in [1.165, 1.54) is 38.5 Å². The van der Waals surface area contributed by atoms with Gasteiger partial charge in [-0.15, -0.1) is 0 Å². The molecule has 0 bridgehead atoms. The second-order valence-corrected chi connectivity index (χ2v) is 5.87. The summed E-state index contributed by atoms with van der Waals surface area (Å²) < 4.78 is 5.28. The molecule has 3 heteroatoms. The molecule has 2 atom stereocenters. The molecular weight excluding hydrogens is 212 g/mol. The summed E-state index contributed by atoms with van der Waals surface area (Å²) in [6.07, 6.45) is 8.07. The second kappa shape index (κ2) is 5.68. The number of methoxy groups -OCH3 is 1. The minimum atomic E-state index is 0.262. The maximum atomic E-state index is 6.18. The highest BCUT2D eigenvalue weighted by Gasteiger charge is 2.47. The largest absolute Gasteiger partial charge is 0.383 e. The van der Waals surface area contributed by atoms with E-state index in [-0.39, 0.29) is 5.54 Å². The van der Waals surface area contributed by atoms with E-state index in [4.69, 9.17) is 10.5 Å². The van der Waals surface area contributed by atoms with Crippen LogP contribution < -0.4 is 5.73 Å². The van der Waals surface area contributed by atoms with E-state index in [0.29, 0.717) is 0 Å². The van der Waals surface area contributed by atoms with Gasteiger partial charge in [-0.2, -0.15) is 0 Å². The highest BCUT2D eigenvalue weighted by Crippen LogP contribution is 2.43. The molecule has 0 aliphatic heterocycles. The highest BCUT2D eigenvalue weighted by molar-refractivity contribution is 5.03. The van der Waals surface area contributed by atoms with Crippen molar-refractivity contribution >= 4 is 0 Å². The molecule has 0 aromatic rings. The van der Waals surface area contributed by atoms with Crippen LogP contribution in [0.4, 0.5) is 0 Å². The van der Waals surface area contributed by atoms with Crippen LogP contribution in [0.1, 0.15) is 45.4 Å². The Morgan fingerprint density at radius 3 is 2.59 bits per heavy atom. The van der Waals surface area contributed by atoms with E-state index in [1.54, 1.807) is 7.11 Å². The molecule has 0 amide bonds. The van der Waals surface area contributed by atoms with E-state index < -0.39 is 0 Å². The average Bonchev–Trinajstić information content (AvgIpc) is 3.16. The van der Waals surface area contributed by atoms with Crippen molar-refractivity contribution in [3.05, 3.63) is 0 Å². The number of nitrogens with zero attached hydrogens (tertiary/aromatic N) is 1. The highest BCUT2D eigenvalue weighted by atomic mass is 16.5. The van der Waals surface area contributed by atoms with E-state index >= 15 is 0 Å². The smallest absolute Gasteiger partial charge is 0.0590 e. The van der Waals surface area contributed by atoms with E-state index in [1.807, 2.05) is 0 Å². The molecule has 2 aliphatic carbocycles. The first-order chi connectivity index (χ1) is 8.24. The summed E-state index contributed by atoms with van der Waals surface area (Å²) in [5, 5.41) is 0. The summed E-state index contributed by atoms with van der Waals surface area (Å²) >= 11 is 0. The second-order valence-electron chi connectivity index (χ2n) is 5.87. The van der Waals surface area contributed by atoms with Crippen molar-refractivity contribution in [1.29, 1.82) is 0 Å². The van der Waals surface area contributed by atoms with E-state index in [0.717, 1.165) is 31.7 Å². The predicted molar refractivity (Wildman–Crippen MR) is 71.0 cm³/mol. The predicted octanol–water partition coefficient (Wildman–Crippen LogP) is 2.00. The lowest BCUT2D eigenvalue weighted by molar-refractivity contribution is -0.00857. The molecule has 2 unspecified atom stereocenters. The molecule has 17 heavy (non-hydrogen) atoms. The van der Waals surface area contributed by atoms with Crippen molar-refractivity contribution in [2.45, 2.75) is 57.0 Å². The van der Waals surface area contributed by atoms with Gasteiger partial charge in [-0.25, -0.2) is 0 Å². The molecule has 2 rings (SSSR count). The van der Waals surface area contributed by atoms with Crippen molar-refractivity contribution in [2.24, 2.45) is 11.7 Å². The number of rotatable bonds is 6. The molecule has 2 aliphatic rings. The van der Waals surface area contributed by atoms with Crippen LogP contribution in [0, 0.1) is 5.92 Å².